The van der Waals surface area contributed by atoms with E-state index in [1.54, 1.807) is 42.8 Å². The molecule has 104 valence electrons. The molecule has 0 spiro atoms. The van der Waals surface area contributed by atoms with Gasteiger partial charge in [0.1, 0.15) is 17.2 Å². The molecule has 21 heavy (non-hydrogen) atoms. The van der Waals surface area contributed by atoms with E-state index in [2.05, 4.69) is 20.2 Å². The molecule has 0 bridgehead atoms. The second-order valence-electron chi connectivity index (χ2n) is 4.30. The monoisotopic (exact) mass is 298 g/mol. The van der Waals surface area contributed by atoms with Crippen molar-refractivity contribution < 1.29 is 4.42 Å². The van der Waals surface area contributed by atoms with Gasteiger partial charge in [-0.2, -0.15) is 5.11 Å². The molecule has 0 radical (unpaired) electrons. The number of benzene rings is 1. The number of hydrogen-bond acceptors (Lipinski definition) is 5. The molecule has 0 N–H and O–H groups in total. The lowest BCUT2D eigenvalue weighted by atomic mass is 10.3. The van der Waals surface area contributed by atoms with Crippen LogP contribution in [0.3, 0.4) is 0 Å². The maximum absolute atomic E-state index is 5.83. The van der Waals surface area contributed by atoms with Crippen molar-refractivity contribution in [3.05, 3.63) is 59.7 Å². The van der Waals surface area contributed by atoms with Crippen molar-refractivity contribution in [2.24, 2.45) is 10.2 Å². The van der Waals surface area contributed by atoms with Crippen LogP contribution in [-0.4, -0.2) is 9.97 Å². The second-order valence-corrected chi connectivity index (χ2v) is 4.74. The van der Waals surface area contributed by atoms with Gasteiger partial charge < -0.3 is 4.42 Å². The van der Waals surface area contributed by atoms with Crippen molar-refractivity contribution in [2.45, 2.75) is 6.92 Å². The first-order chi connectivity index (χ1) is 10.2. The zero-order valence-electron chi connectivity index (χ0n) is 11.2. The second kappa shape index (κ2) is 5.85. The van der Waals surface area contributed by atoms with E-state index in [4.69, 9.17) is 16.0 Å². The summed E-state index contributed by atoms with van der Waals surface area (Å²) < 4.78 is 5.37. The van der Waals surface area contributed by atoms with E-state index < -0.39 is 0 Å². The first-order valence-electron chi connectivity index (χ1n) is 6.27. The summed E-state index contributed by atoms with van der Waals surface area (Å²) in [6.45, 7) is 1.81. The Hall–Kier alpha value is -2.53. The van der Waals surface area contributed by atoms with Gasteiger partial charge in [-0.1, -0.05) is 11.6 Å². The molecule has 0 unspecified atom stereocenters. The minimum atomic E-state index is 0.547. The molecule has 0 saturated heterocycles. The molecule has 0 fully saturated rings. The fraction of sp³-hybridized carbons (Fsp3) is 0.0667. The van der Waals surface area contributed by atoms with Crippen LogP contribution >= 0.6 is 11.6 Å². The van der Waals surface area contributed by atoms with Gasteiger partial charge in [0.15, 0.2) is 5.76 Å². The number of rotatable bonds is 3. The van der Waals surface area contributed by atoms with Crippen molar-refractivity contribution in [3.63, 3.8) is 0 Å². The summed E-state index contributed by atoms with van der Waals surface area (Å²) in [5.41, 5.74) is 1.86. The number of azo groups is 1. The van der Waals surface area contributed by atoms with Crippen molar-refractivity contribution in [1.82, 2.24) is 9.97 Å². The van der Waals surface area contributed by atoms with Crippen LogP contribution in [0.1, 0.15) is 5.82 Å². The lowest BCUT2D eigenvalue weighted by Gasteiger charge is -2.01. The highest BCUT2D eigenvalue weighted by Gasteiger charge is 2.10. The quantitative estimate of drug-likeness (QED) is 0.631. The van der Waals surface area contributed by atoms with Gasteiger partial charge in [-0.15, -0.1) is 5.11 Å². The molecular weight excluding hydrogens is 288 g/mol. The van der Waals surface area contributed by atoms with Crippen molar-refractivity contribution in [3.8, 4) is 11.5 Å². The first kappa shape index (κ1) is 13.5. The van der Waals surface area contributed by atoms with E-state index in [9.17, 15) is 0 Å². The largest absolute Gasteiger partial charge is 0.463 e. The van der Waals surface area contributed by atoms with Crippen LogP contribution in [0.4, 0.5) is 11.4 Å². The van der Waals surface area contributed by atoms with Crippen LogP contribution in [-0.2, 0) is 0 Å². The average Bonchev–Trinajstić information content (AvgIpc) is 3.02. The number of aryl methyl sites for hydroxylation is 1. The molecule has 2 aromatic heterocycles. The van der Waals surface area contributed by atoms with Crippen LogP contribution in [0.5, 0.6) is 0 Å². The third kappa shape index (κ3) is 3.14. The molecule has 3 aromatic rings. The van der Waals surface area contributed by atoms with Crippen LogP contribution in [0.25, 0.3) is 11.5 Å². The van der Waals surface area contributed by atoms with E-state index in [0.717, 1.165) is 0 Å². The van der Waals surface area contributed by atoms with E-state index in [1.165, 1.54) is 0 Å². The Balaban J connectivity index is 1.97. The molecule has 6 heteroatoms. The third-order valence-electron chi connectivity index (χ3n) is 2.74. The van der Waals surface area contributed by atoms with Crippen LogP contribution in [0, 0.1) is 6.92 Å². The van der Waals surface area contributed by atoms with Crippen molar-refractivity contribution in [2.75, 3.05) is 0 Å². The first-order valence-corrected chi connectivity index (χ1v) is 6.65. The summed E-state index contributed by atoms with van der Waals surface area (Å²) in [7, 11) is 0. The SMILES string of the molecule is Cc1ncc(N=Nc2ccc(Cl)cc2)c(-c2ccco2)n1. The normalized spacial score (nSPS) is 11.1. The molecule has 3 rings (SSSR count). The van der Waals surface area contributed by atoms with E-state index in [0.29, 0.717) is 33.7 Å². The number of nitrogens with zero attached hydrogens (tertiary/aromatic N) is 4. The summed E-state index contributed by atoms with van der Waals surface area (Å²) in [5, 5.41) is 9.02. The number of hydrogen-bond donors (Lipinski definition) is 0. The highest BCUT2D eigenvalue weighted by atomic mass is 35.5. The van der Waals surface area contributed by atoms with Gasteiger partial charge in [0, 0.05) is 5.02 Å². The van der Waals surface area contributed by atoms with E-state index in [1.807, 2.05) is 13.0 Å². The Morgan fingerprint density at radius 1 is 1.10 bits per heavy atom. The summed E-state index contributed by atoms with van der Waals surface area (Å²) in [6.07, 6.45) is 3.21. The zero-order chi connectivity index (χ0) is 14.7. The Labute approximate surface area is 126 Å². The van der Waals surface area contributed by atoms with Crippen molar-refractivity contribution in [1.29, 1.82) is 0 Å². The third-order valence-corrected chi connectivity index (χ3v) is 3.00. The summed E-state index contributed by atoms with van der Waals surface area (Å²) in [4.78, 5) is 8.51. The van der Waals surface area contributed by atoms with Gasteiger partial charge in [0.2, 0.25) is 0 Å². The molecule has 5 nitrogen and oxygen atoms in total. The highest BCUT2D eigenvalue weighted by molar-refractivity contribution is 6.30. The molecular formula is C15H11ClN4O. The van der Waals surface area contributed by atoms with Gasteiger partial charge in [-0.05, 0) is 43.3 Å². The predicted octanol–water partition coefficient (Wildman–Crippen LogP) is 5.11. The maximum atomic E-state index is 5.83. The van der Waals surface area contributed by atoms with Gasteiger partial charge in [-0.3, -0.25) is 0 Å². The Morgan fingerprint density at radius 2 is 1.90 bits per heavy atom. The van der Waals surface area contributed by atoms with Crippen LogP contribution in [0.15, 0.2) is 63.5 Å². The standard InChI is InChI=1S/C15H11ClN4O/c1-10-17-9-13(15(18-10)14-3-2-8-21-14)20-19-12-6-4-11(16)5-7-12/h2-9H,1H3. The average molecular weight is 299 g/mol. The van der Waals surface area contributed by atoms with Crippen molar-refractivity contribution >= 4 is 23.0 Å². The summed E-state index contributed by atoms with van der Waals surface area (Å²) in [6, 6.07) is 10.7. The Bertz CT molecular complexity index is 767. The maximum Gasteiger partial charge on any atom is 0.154 e. The topological polar surface area (TPSA) is 63.6 Å². The van der Waals surface area contributed by atoms with Crippen LogP contribution in [0.2, 0.25) is 5.02 Å². The van der Waals surface area contributed by atoms with E-state index in [-0.39, 0.29) is 0 Å². The molecule has 2 heterocycles. The van der Waals surface area contributed by atoms with Gasteiger partial charge >= 0.3 is 0 Å². The smallest absolute Gasteiger partial charge is 0.154 e. The lowest BCUT2D eigenvalue weighted by molar-refractivity contribution is 0.579. The fourth-order valence-electron chi connectivity index (χ4n) is 1.75. The van der Waals surface area contributed by atoms with Crippen LogP contribution < -0.4 is 0 Å². The summed E-state index contributed by atoms with van der Waals surface area (Å²) in [5.74, 6) is 1.28. The lowest BCUT2D eigenvalue weighted by Crippen LogP contribution is -1.90. The molecule has 0 aliphatic carbocycles. The Morgan fingerprint density at radius 3 is 2.62 bits per heavy atom. The minimum absolute atomic E-state index is 0.547. The minimum Gasteiger partial charge on any atom is -0.463 e. The number of aromatic nitrogens is 2. The molecule has 0 atom stereocenters. The van der Waals surface area contributed by atoms with E-state index >= 15 is 0 Å². The molecule has 0 aliphatic rings. The van der Waals surface area contributed by atoms with Gasteiger partial charge in [0.25, 0.3) is 0 Å². The number of halogens is 1. The predicted molar refractivity (Wildman–Crippen MR) is 80.1 cm³/mol. The zero-order valence-corrected chi connectivity index (χ0v) is 11.9. The molecule has 1 aromatic carbocycles. The number of furan rings is 1. The summed E-state index contributed by atoms with van der Waals surface area (Å²) >= 11 is 5.83. The Kier molecular flexibility index (Phi) is 3.75. The highest BCUT2D eigenvalue weighted by Crippen LogP contribution is 2.29. The van der Waals surface area contributed by atoms with Gasteiger partial charge in [0.05, 0.1) is 18.1 Å². The fourth-order valence-corrected chi connectivity index (χ4v) is 1.88. The molecule has 0 amide bonds. The van der Waals surface area contributed by atoms with Gasteiger partial charge in [-0.25, -0.2) is 9.97 Å². The molecule has 0 saturated carbocycles. The molecule has 0 aliphatic heterocycles.